The van der Waals surface area contributed by atoms with Gasteiger partial charge in [-0.05, 0) is 81.3 Å². The van der Waals surface area contributed by atoms with Crippen LogP contribution in [0.25, 0.3) is 24.3 Å². The maximum absolute atomic E-state index is 13.5. The van der Waals surface area contributed by atoms with Crippen LogP contribution in [-0.2, 0) is 6.54 Å². The van der Waals surface area contributed by atoms with Crippen molar-refractivity contribution in [3.8, 4) is 0 Å². The van der Waals surface area contributed by atoms with E-state index in [0.717, 1.165) is 48.7 Å². The number of pyridine rings is 1. The molecule has 0 unspecified atom stereocenters. The van der Waals surface area contributed by atoms with Gasteiger partial charge in [0.15, 0.2) is 0 Å². The molecule has 37 heavy (non-hydrogen) atoms. The number of rotatable bonds is 11. The largest absolute Gasteiger partial charge is 0.448 e. The van der Waals surface area contributed by atoms with E-state index in [2.05, 4.69) is 37.5 Å². The van der Waals surface area contributed by atoms with Gasteiger partial charge in [0.1, 0.15) is 0 Å². The average molecular weight is 509 g/mol. The molecule has 0 spiro atoms. The topological polar surface area (TPSA) is 10.4 Å². The highest BCUT2D eigenvalue weighted by Gasteiger charge is 2.35. The molecule has 0 aliphatic heterocycles. The monoisotopic (exact) mass is 508 g/mol. The number of alkyl halides is 3. The summed E-state index contributed by atoms with van der Waals surface area (Å²) in [5.74, 6) is 0. The van der Waals surface area contributed by atoms with Crippen molar-refractivity contribution in [3.05, 3.63) is 89.2 Å². The molecule has 6 heteroatoms. The van der Waals surface area contributed by atoms with Crippen molar-refractivity contribution in [1.82, 2.24) is 0 Å². The maximum Gasteiger partial charge on any atom is 0.448 e. The van der Waals surface area contributed by atoms with Gasteiger partial charge in [-0.1, -0.05) is 24.3 Å². The zero-order valence-corrected chi connectivity index (χ0v) is 22.2. The van der Waals surface area contributed by atoms with Crippen LogP contribution in [0.2, 0.25) is 0 Å². The summed E-state index contributed by atoms with van der Waals surface area (Å²) < 4.78 is 41.9. The fourth-order valence-corrected chi connectivity index (χ4v) is 4.36. The van der Waals surface area contributed by atoms with Gasteiger partial charge in [-0.3, -0.25) is 0 Å². The second-order valence-electron chi connectivity index (χ2n) is 8.77. The molecule has 0 aliphatic rings. The van der Waals surface area contributed by atoms with Crippen molar-refractivity contribution in [2.24, 2.45) is 0 Å². The molecule has 3 rings (SSSR count). The molecule has 0 fully saturated rings. The van der Waals surface area contributed by atoms with Crippen LogP contribution in [0, 0.1) is 0 Å². The highest BCUT2D eigenvalue weighted by Crippen LogP contribution is 2.20. The molecule has 2 aromatic carbocycles. The van der Waals surface area contributed by atoms with Gasteiger partial charge >= 0.3 is 6.18 Å². The van der Waals surface area contributed by atoms with Crippen LogP contribution in [0.3, 0.4) is 0 Å². The minimum atomic E-state index is -4.34. The molecule has 0 bridgehead atoms. The van der Waals surface area contributed by atoms with Crippen LogP contribution in [-0.4, -0.2) is 32.4 Å². The molecular weight excluding hydrogens is 471 g/mol. The molecular formula is C31H37F3N3+. The molecule has 0 aliphatic carbocycles. The van der Waals surface area contributed by atoms with E-state index in [1.807, 2.05) is 60.7 Å². The van der Waals surface area contributed by atoms with Crippen LogP contribution in [0.5, 0.6) is 0 Å². The Bertz CT molecular complexity index is 1090. The number of anilines is 2. The van der Waals surface area contributed by atoms with Gasteiger partial charge in [0.25, 0.3) is 0 Å². The second-order valence-corrected chi connectivity index (χ2v) is 8.77. The maximum atomic E-state index is 13.5. The first-order valence-electron chi connectivity index (χ1n) is 12.9. The number of benzene rings is 2. The predicted molar refractivity (Wildman–Crippen MR) is 151 cm³/mol. The van der Waals surface area contributed by atoms with E-state index >= 15 is 0 Å². The Balaban J connectivity index is 1.88. The molecule has 1 heterocycles. The summed E-state index contributed by atoms with van der Waals surface area (Å²) >= 11 is 0. The van der Waals surface area contributed by atoms with E-state index in [1.165, 1.54) is 4.57 Å². The molecule has 1 aromatic heterocycles. The molecule has 0 N–H and O–H groups in total. The van der Waals surface area contributed by atoms with E-state index in [-0.39, 0.29) is 0 Å². The van der Waals surface area contributed by atoms with Crippen LogP contribution in [0.4, 0.5) is 24.5 Å². The van der Waals surface area contributed by atoms with Crippen LogP contribution < -0.4 is 14.4 Å². The quantitative estimate of drug-likeness (QED) is 0.247. The van der Waals surface area contributed by atoms with E-state index in [1.54, 1.807) is 30.4 Å². The van der Waals surface area contributed by atoms with E-state index in [4.69, 9.17) is 0 Å². The van der Waals surface area contributed by atoms with Crippen molar-refractivity contribution < 1.29 is 17.7 Å². The number of nitrogens with zero attached hydrogens (tertiary/aromatic N) is 3. The van der Waals surface area contributed by atoms with Gasteiger partial charge in [0, 0.05) is 61.8 Å². The lowest BCUT2D eigenvalue weighted by Gasteiger charge is -2.20. The minimum Gasteiger partial charge on any atom is -0.372 e. The smallest absolute Gasteiger partial charge is 0.372 e. The standard InChI is InChI=1S/C31H37F3N3/c1-5-35(6-2)27-18-12-25(13-19-27)16-22-29-10-9-11-30(37(29)24-31(32,33)34)23-17-26-14-20-28(21-15-26)36(7-3)8-4/h9-23H,5-8,24H2,1-4H3/q+1. The van der Waals surface area contributed by atoms with Gasteiger partial charge in [-0.25, -0.2) is 0 Å². The fraction of sp³-hybridized carbons (Fsp3) is 0.323. The van der Waals surface area contributed by atoms with Crippen molar-refractivity contribution in [2.45, 2.75) is 40.4 Å². The van der Waals surface area contributed by atoms with Gasteiger partial charge in [-0.2, -0.15) is 17.7 Å². The Morgan fingerprint density at radius 1 is 0.595 bits per heavy atom. The lowest BCUT2D eigenvalue weighted by Crippen LogP contribution is -2.46. The molecule has 0 saturated heterocycles. The van der Waals surface area contributed by atoms with Crippen LogP contribution in [0.15, 0.2) is 66.7 Å². The number of hydrogen-bond donors (Lipinski definition) is 0. The van der Waals surface area contributed by atoms with Crippen molar-refractivity contribution in [1.29, 1.82) is 0 Å². The molecule has 196 valence electrons. The molecule has 0 radical (unpaired) electrons. The third-order valence-electron chi connectivity index (χ3n) is 6.43. The van der Waals surface area contributed by atoms with E-state index in [0.29, 0.717) is 11.4 Å². The van der Waals surface area contributed by atoms with Gasteiger partial charge < -0.3 is 9.80 Å². The first-order chi connectivity index (χ1) is 17.8. The van der Waals surface area contributed by atoms with Gasteiger partial charge in [-0.15, -0.1) is 0 Å². The number of hydrogen-bond acceptors (Lipinski definition) is 2. The summed E-state index contributed by atoms with van der Waals surface area (Å²) in [5, 5.41) is 0. The lowest BCUT2D eigenvalue weighted by molar-refractivity contribution is -0.722. The van der Waals surface area contributed by atoms with Crippen LogP contribution >= 0.6 is 0 Å². The zero-order chi connectivity index (χ0) is 26.8. The molecule has 0 atom stereocenters. The van der Waals surface area contributed by atoms with Gasteiger partial charge in [0.2, 0.25) is 17.9 Å². The van der Waals surface area contributed by atoms with E-state index < -0.39 is 12.7 Å². The van der Waals surface area contributed by atoms with E-state index in [9.17, 15) is 13.2 Å². The van der Waals surface area contributed by atoms with Crippen molar-refractivity contribution in [3.63, 3.8) is 0 Å². The fourth-order valence-electron chi connectivity index (χ4n) is 4.36. The predicted octanol–water partition coefficient (Wildman–Crippen LogP) is 7.57. The number of aromatic nitrogens is 1. The van der Waals surface area contributed by atoms with Crippen molar-refractivity contribution in [2.75, 3.05) is 36.0 Å². The third kappa shape index (κ3) is 7.97. The highest BCUT2D eigenvalue weighted by molar-refractivity contribution is 5.70. The Kier molecular flexibility index (Phi) is 9.95. The average Bonchev–Trinajstić information content (AvgIpc) is 2.89. The lowest BCUT2D eigenvalue weighted by atomic mass is 10.1. The summed E-state index contributed by atoms with van der Waals surface area (Å²) in [4.78, 5) is 4.50. The Hall–Kier alpha value is -3.54. The zero-order valence-electron chi connectivity index (χ0n) is 22.2. The van der Waals surface area contributed by atoms with Crippen molar-refractivity contribution >= 4 is 35.7 Å². The Labute approximate surface area is 219 Å². The summed E-state index contributed by atoms with van der Waals surface area (Å²) in [6, 6.07) is 21.3. The normalized spacial score (nSPS) is 12.0. The van der Waals surface area contributed by atoms with Crippen LogP contribution in [0.1, 0.15) is 50.2 Å². The molecule has 3 aromatic rings. The summed E-state index contributed by atoms with van der Waals surface area (Å²) in [5.41, 5.74) is 5.11. The third-order valence-corrected chi connectivity index (χ3v) is 6.43. The molecule has 3 nitrogen and oxygen atoms in total. The minimum absolute atomic E-state index is 0.490. The summed E-state index contributed by atoms with van der Waals surface area (Å²) in [6.07, 6.45) is 2.86. The SMILES string of the molecule is CCN(CC)c1ccc(/C=C/c2cccc(/C=C/c3ccc(N(CC)CC)cc3)[n+]2CC(F)(F)F)cc1. The second kappa shape index (κ2) is 13.1. The first kappa shape index (κ1) is 28.0. The van der Waals surface area contributed by atoms with Gasteiger partial charge in [0.05, 0.1) is 0 Å². The summed E-state index contributed by atoms with van der Waals surface area (Å²) in [7, 11) is 0. The molecule has 0 amide bonds. The first-order valence-corrected chi connectivity index (χ1v) is 12.9. The summed E-state index contributed by atoms with van der Waals surface area (Å²) in [6.45, 7) is 11.1. The Morgan fingerprint density at radius 2 is 0.973 bits per heavy atom. The Morgan fingerprint density at radius 3 is 1.30 bits per heavy atom. The highest BCUT2D eigenvalue weighted by atomic mass is 19.4. The molecule has 0 saturated carbocycles. The number of halogens is 3.